The highest BCUT2D eigenvalue weighted by atomic mass is 16.5. The van der Waals surface area contributed by atoms with Gasteiger partial charge in [0, 0.05) is 25.7 Å². The van der Waals surface area contributed by atoms with Gasteiger partial charge in [0.05, 0.1) is 14.2 Å². The molecule has 1 saturated heterocycles. The second-order valence-corrected chi connectivity index (χ2v) is 5.32. The van der Waals surface area contributed by atoms with Crippen molar-refractivity contribution in [2.45, 2.75) is 13.0 Å². The van der Waals surface area contributed by atoms with Gasteiger partial charge in [0.15, 0.2) is 11.5 Å². The molecule has 1 fully saturated rings. The number of hydrogen-bond acceptors (Lipinski definition) is 4. The van der Waals surface area contributed by atoms with Crippen molar-refractivity contribution in [1.82, 2.24) is 9.80 Å². The summed E-state index contributed by atoms with van der Waals surface area (Å²) in [5.41, 5.74) is 2.58. The van der Waals surface area contributed by atoms with Gasteiger partial charge in [0.2, 0.25) is 0 Å². The van der Waals surface area contributed by atoms with Gasteiger partial charge in [-0.05, 0) is 44.3 Å². The summed E-state index contributed by atoms with van der Waals surface area (Å²) in [5.74, 6) is 1.61. The highest BCUT2D eigenvalue weighted by Gasteiger charge is 2.26. The van der Waals surface area contributed by atoms with Crippen LogP contribution in [0.15, 0.2) is 12.1 Å². The van der Waals surface area contributed by atoms with E-state index in [1.165, 1.54) is 11.1 Å². The van der Waals surface area contributed by atoms with Crippen molar-refractivity contribution < 1.29 is 9.47 Å². The van der Waals surface area contributed by atoms with Crippen LogP contribution in [0.5, 0.6) is 11.5 Å². The molecule has 1 atom stereocenters. The Labute approximate surface area is 115 Å². The number of aryl methyl sites for hydroxylation is 1. The normalized spacial score (nSPS) is 21.4. The predicted molar refractivity (Wildman–Crippen MR) is 77.2 cm³/mol. The molecule has 1 aromatic rings. The molecule has 0 bridgehead atoms. The zero-order valence-corrected chi connectivity index (χ0v) is 12.6. The molecule has 19 heavy (non-hydrogen) atoms. The lowest BCUT2D eigenvalue weighted by Crippen LogP contribution is -2.44. The van der Waals surface area contributed by atoms with Crippen molar-refractivity contribution in [2.75, 3.05) is 47.9 Å². The maximum Gasteiger partial charge on any atom is 0.161 e. The van der Waals surface area contributed by atoms with Crippen LogP contribution in [0, 0.1) is 6.92 Å². The maximum atomic E-state index is 5.43. The van der Waals surface area contributed by atoms with Gasteiger partial charge in [-0.25, -0.2) is 0 Å². The number of likely N-dealkylation sites (N-methyl/N-ethyl adjacent to an activating group) is 2. The molecular formula is C15H24N2O2. The smallest absolute Gasteiger partial charge is 0.161 e. The third-order valence-corrected chi connectivity index (χ3v) is 3.98. The van der Waals surface area contributed by atoms with Crippen LogP contribution >= 0.6 is 0 Å². The van der Waals surface area contributed by atoms with Crippen LogP contribution in [-0.2, 0) is 0 Å². The number of piperazine rings is 1. The lowest BCUT2D eigenvalue weighted by molar-refractivity contribution is 0.114. The zero-order valence-electron chi connectivity index (χ0n) is 12.6. The number of hydrogen-bond donors (Lipinski definition) is 0. The third kappa shape index (κ3) is 2.85. The highest BCUT2D eigenvalue weighted by Crippen LogP contribution is 2.35. The summed E-state index contributed by atoms with van der Waals surface area (Å²) < 4.78 is 10.8. The maximum absolute atomic E-state index is 5.43. The van der Waals surface area contributed by atoms with E-state index >= 15 is 0 Å². The zero-order chi connectivity index (χ0) is 14.0. The van der Waals surface area contributed by atoms with Crippen LogP contribution < -0.4 is 9.47 Å². The van der Waals surface area contributed by atoms with E-state index in [9.17, 15) is 0 Å². The lowest BCUT2D eigenvalue weighted by Gasteiger charge is -2.38. The third-order valence-electron chi connectivity index (χ3n) is 3.98. The average Bonchev–Trinajstić information content (AvgIpc) is 2.41. The molecule has 0 aliphatic carbocycles. The van der Waals surface area contributed by atoms with E-state index in [1.807, 2.05) is 0 Å². The Morgan fingerprint density at radius 3 is 2.32 bits per heavy atom. The van der Waals surface area contributed by atoms with Crippen molar-refractivity contribution in [3.8, 4) is 11.5 Å². The van der Waals surface area contributed by atoms with E-state index in [0.717, 1.165) is 31.1 Å². The molecule has 0 spiro atoms. The monoisotopic (exact) mass is 264 g/mol. The Morgan fingerprint density at radius 1 is 1.05 bits per heavy atom. The van der Waals surface area contributed by atoms with Crippen LogP contribution in [0.25, 0.3) is 0 Å². The first-order chi connectivity index (χ1) is 9.06. The van der Waals surface area contributed by atoms with Crippen molar-refractivity contribution >= 4 is 0 Å². The molecule has 0 amide bonds. The Bertz CT molecular complexity index is 448. The predicted octanol–water partition coefficient (Wildman–Crippen LogP) is 1.93. The molecule has 2 rings (SSSR count). The van der Waals surface area contributed by atoms with Gasteiger partial charge < -0.3 is 14.4 Å². The number of ether oxygens (including phenoxy) is 2. The second kappa shape index (κ2) is 5.80. The van der Waals surface area contributed by atoms with Gasteiger partial charge in [0.25, 0.3) is 0 Å². The summed E-state index contributed by atoms with van der Waals surface area (Å²) in [7, 11) is 7.73. The van der Waals surface area contributed by atoms with Crippen LogP contribution in [-0.4, -0.2) is 57.7 Å². The molecular weight excluding hydrogens is 240 g/mol. The molecule has 1 aliphatic rings. The number of benzene rings is 1. The first-order valence-electron chi connectivity index (χ1n) is 6.68. The van der Waals surface area contributed by atoms with Crippen LogP contribution in [0.2, 0.25) is 0 Å². The second-order valence-electron chi connectivity index (χ2n) is 5.32. The van der Waals surface area contributed by atoms with Gasteiger partial charge in [-0.15, -0.1) is 0 Å². The molecule has 1 aliphatic heterocycles. The van der Waals surface area contributed by atoms with Crippen molar-refractivity contribution in [1.29, 1.82) is 0 Å². The van der Waals surface area contributed by atoms with E-state index in [4.69, 9.17) is 9.47 Å². The van der Waals surface area contributed by atoms with E-state index in [-0.39, 0.29) is 0 Å². The van der Waals surface area contributed by atoms with Crippen LogP contribution in [0.3, 0.4) is 0 Å². The molecule has 0 saturated carbocycles. The van der Waals surface area contributed by atoms with Crippen LogP contribution in [0.4, 0.5) is 0 Å². The average molecular weight is 264 g/mol. The fourth-order valence-electron chi connectivity index (χ4n) is 2.70. The van der Waals surface area contributed by atoms with Gasteiger partial charge >= 0.3 is 0 Å². The Balaban J connectivity index is 2.38. The summed E-state index contributed by atoms with van der Waals surface area (Å²) >= 11 is 0. The molecule has 4 nitrogen and oxygen atoms in total. The minimum absolute atomic E-state index is 0.415. The Hall–Kier alpha value is -1.26. The fraction of sp³-hybridized carbons (Fsp3) is 0.600. The summed E-state index contributed by atoms with van der Waals surface area (Å²) in [4.78, 5) is 4.79. The number of nitrogens with zero attached hydrogens (tertiary/aromatic N) is 2. The molecule has 1 aromatic carbocycles. The molecule has 0 N–H and O–H groups in total. The minimum atomic E-state index is 0.415. The quantitative estimate of drug-likeness (QED) is 0.833. The van der Waals surface area contributed by atoms with Gasteiger partial charge in [-0.3, -0.25) is 4.90 Å². The lowest BCUT2D eigenvalue weighted by atomic mass is 9.97. The minimum Gasteiger partial charge on any atom is -0.493 e. The molecule has 1 heterocycles. The van der Waals surface area contributed by atoms with Crippen molar-refractivity contribution in [2.24, 2.45) is 0 Å². The topological polar surface area (TPSA) is 24.9 Å². The SMILES string of the molecule is COc1cc(C)c(C2CN(C)CCN2C)cc1OC. The summed E-state index contributed by atoms with van der Waals surface area (Å²) in [6.07, 6.45) is 0. The summed E-state index contributed by atoms with van der Waals surface area (Å²) in [6, 6.07) is 4.60. The van der Waals surface area contributed by atoms with E-state index < -0.39 is 0 Å². The van der Waals surface area contributed by atoms with Crippen molar-refractivity contribution in [3.63, 3.8) is 0 Å². The first kappa shape index (κ1) is 14.2. The Morgan fingerprint density at radius 2 is 1.68 bits per heavy atom. The summed E-state index contributed by atoms with van der Waals surface area (Å²) in [5, 5.41) is 0. The van der Waals surface area contributed by atoms with Crippen molar-refractivity contribution in [3.05, 3.63) is 23.3 Å². The molecule has 0 aromatic heterocycles. The Kier molecular flexibility index (Phi) is 4.32. The molecule has 0 radical (unpaired) electrons. The first-order valence-corrected chi connectivity index (χ1v) is 6.68. The molecule has 1 unspecified atom stereocenters. The number of rotatable bonds is 3. The van der Waals surface area contributed by atoms with E-state index in [2.05, 4.69) is 43.0 Å². The molecule has 4 heteroatoms. The molecule has 106 valence electrons. The van der Waals surface area contributed by atoms with Gasteiger partial charge in [0.1, 0.15) is 0 Å². The van der Waals surface area contributed by atoms with E-state index in [1.54, 1.807) is 14.2 Å². The largest absolute Gasteiger partial charge is 0.493 e. The van der Waals surface area contributed by atoms with E-state index in [0.29, 0.717) is 6.04 Å². The van der Waals surface area contributed by atoms with Gasteiger partial charge in [-0.2, -0.15) is 0 Å². The van der Waals surface area contributed by atoms with Crippen LogP contribution in [0.1, 0.15) is 17.2 Å². The fourth-order valence-corrected chi connectivity index (χ4v) is 2.70. The summed E-state index contributed by atoms with van der Waals surface area (Å²) in [6.45, 7) is 5.40. The highest BCUT2D eigenvalue weighted by molar-refractivity contribution is 5.48. The van der Waals surface area contributed by atoms with Gasteiger partial charge in [-0.1, -0.05) is 0 Å². The standard InChI is InChI=1S/C15H24N2O2/c1-11-8-14(18-4)15(19-5)9-12(11)13-10-16(2)6-7-17(13)3/h8-9,13H,6-7,10H2,1-5H3. The number of methoxy groups -OCH3 is 2.